The number of anilines is 2. The Hall–Kier alpha value is -3.14. The number of methoxy groups -OCH3 is 1. The van der Waals surface area contributed by atoms with E-state index >= 15 is 0 Å². The number of nitro benzene ring substituents is 1. The molecule has 0 saturated heterocycles. The molecule has 0 aliphatic rings. The third kappa shape index (κ3) is 5.42. The second kappa shape index (κ2) is 8.49. The van der Waals surface area contributed by atoms with E-state index in [9.17, 15) is 28.1 Å². The Morgan fingerprint density at radius 1 is 1.19 bits per heavy atom. The van der Waals surface area contributed by atoms with Gasteiger partial charge in [0.05, 0.1) is 22.7 Å². The number of rotatable bonds is 7. The molecule has 0 aromatic heterocycles. The van der Waals surface area contributed by atoms with Crippen LogP contribution in [0.1, 0.15) is 15.9 Å². The summed E-state index contributed by atoms with van der Waals surface area (Å²) in [4.78, 5) is 22.8. The lowest BCUT2D eigenvalue weighted by atomic mass is 10.1. The molecule has 27 heavy (non-hydrogen) atoms. The minimum atomic E-state index is -4.49. The van der Waals surface area contributed by atoms with Crippen molar-refractivity contribution in [2.75, 3.05) is 30.9 Å². The van der Waals surface area contributed by atoms with Crippen molar-refractivity contribution < 1.29 is 27.6 Å². The van der Waals surface area contributed by atoms with E-state index in [0.717, 1.165) is 30.3 Å². The minimum Gasteiger partial charge on any atom is -0.383 e. The Morgan fingerprint density at radius 3 is 2.41 bits per heavy atom. The van der Waals surface area contributed by atoms with Crippen LogP contribution >= 0.6 is 0 Å². The average molecular weight is 383 g/mol. The van der Waals surface area contributed by atoms with Gasteiger partial charge in [0, 0.05) is 37.2 Å². The van der Waals surface area contributed by atoms with Crippen LogP contribution in [0.4, 0.5) is 30.2 Å². The molecule has 0 bridgehead atoms. The van der Waals surface area contributed by atoms with Crippen LogP contribution in [0.25, 0.3) is 0 Å². The van der Waals surface area contributed by atoms with Crippen LogP contribution in [0.5, 0.6) is 0 Å². The summed E-state index contributed by atoms with van der Waals surface area (Å²) < 4.78 is 42.7. The van der Waals surface area contributed by atoms with Crippen LogP contribution in [0.3, 0.4) is 0 Å². The number of hydrogen-bond donors (Lipinski definition) is 2. The molecule has 144 valence electrons. The van der Waals surface area contributed by atoms with E-state index in [2.05, 4.69) is 10.6 Å². The van der Waals surface area contributed by atoms with Crippen molar-refractivity contribution in [3.05, 3.63) is 63.7 Å². The summed E-state index contributed by atoms with van der Waals surface area (Å²) in [5, 5.41) is 16.3. The van der Waals surface area contributed by atoms with Gasteiger partial charge in [-0.25, -0.2) is 0 Å². The van der Waals surface area contributed by atoms with Crippen molar-refractivity contribution in [1.82, 2.24) is 0 Å². The number of nitrogens with zero attached hydrogens (tertiary/aromatic N) is 1. The van der Waals surface area contributed by atoms with Crippen molar-refractivity contribution in [3.8, 4) is 0 Å². The summed E-state index contributed by atoms with van der Waals surface area (Å²) >= 11 is 0. The first-order valence-electron chi connectivity index (χ1n) is 7.72. The van der Waals surface area contributed by atoms with Gasteiger partial charge in [0.15, 0.2) is 0 Å². The Morgan fingerprint density at radius 2 is 1.85 bits per heavy atom. The predicted molar refractivity (Wildman–Crippen MR) is 92.9 cm³/mol. The lowest BCUT2D eigenvalue weighted by Crippen LogP contribution is -2.17. The number of benzene rings is 2. The second-order valence-corrected chi connectivity index (χ2v) is 5.44. The van der Waals surface area contributed by atoms with Crippen molar-refractivity contribution in [2.45, 2.75) is 6.18 Å². The number of nitrogens with one attached hydrogen (secondary N) is 2. The molecule has 0 aliphatic heterocycles. The molecule has 0 spiro atoms. The largest absolute Gasteiger partial charge is 0.416 e. The van der Waals surface area contributed by atoms with Crippen LogP contribution < -0.4 is 10.6 Å². The Balaban J connectivity index is 2.24. The molecule has 0 radical (unpaired) electrons. The number of carbonyl (C=O) groups excluding carboxylic acids is 1. The normalized spacial score (nSPS) is 11.1. The molecule has 0 atom stereocenters. The molecule has 0 aliphatic carbocycles. The molecule has 2 aromatic rings. The summed E-state index contributed by atoms with van der Waals surface area (Å²) in [6.45, 7) is 0.700. The fraction of sp³-hybridized carbons (Fsp3) is 0.235. The van der Waals surface area contributed by atoms with E-state index < -0.39 is 22.6 Å². The van der Waals surface area contributed by atoms with Gasteiger partial charge < -0.3 is 15.4 Å². The second-order valence-electron chi connectivity index (χ2n) is 5.44. The van der Waals surface area contributed by atoms with Gasteiger partial charge in [0.2, 0.25) is 0 Å². The number of carbonyl (C=O) groups is 1. The van der Waals surface area contributed by atoms with Crippen LogP contribution in [-0.2, 0) is 10.9 Å². The van der Waals surface area contributed by atoms with Gasteiger partial charge in [-0.1, -0.05) is 0 Å². The zero-order valence-electron chi connectivity index (χ0n) is 14.2. The summed E-state index contributed by atoms with van der Waals surface area (Å²) in [5.74, 6) is -0.696. The highest BCUT2D eigenvalue weighted by atomic mass is 19.4. The molecule has 0 unspecified atom stereocenters. The first-order chi connectivity index (χ1) is 12.7. The maximum atomic E-state index is 12.6. The molecule has 2 N–H and O–H groups in total. The smallest absolute Gasteiger partial charge is 0.383 e. The zero-order valence-corrected chi connectivity index (χ0v) is 14.2. The van der Waals surface area contributed by atoms with Gasteiger partial charge in [-0.05, 0) is 30.3 Å². The summed E-state index contributed by atoms with van der Waals surface area (Å²) in [6, 6.07) is 7.60. The molecule has 0 fully saturated rings. The summed E-state index contributed by atoms with van der Waals surface area (Å²) in [5.41, 5.74) is -0.688. The number of non-ortho nitro benzene ring substituents is 1. The quantitative estimate of drug-likeness (QED) is 0.429. The van der Waals surface area contributed by atoms with Crippen LogP contribution in [0, 0.1) is 10.1 Å². The summed E-state index contributed by atoms with van der Waals surface area (Å²) in [7, 11) is 1.50. The van der Waals surface area contributed by atoms with Gasteiger partial charge in [-0.3, -0.25) is 14.9 Å². The summed E-state index contributed by atoms with van der Waals surface area (Å²) in [6.07, 6.45) is -4.49. The van der Waals surface area contributed by atoms with E-state index in [1.807, 2.05) is 0 Å². The first-order valence-corrected chi connectivity index (χ1v) is 7.72. The Bertz CT molecular complexity index is 823. The van der Waals surface area contributed by atoms with E-state index in [4.69, 9.17) is 4.74 Å². The molecule has 0 heterocycles. The minimum absolute atomic E-state index is 0.0137. The monoisotopic (exact) mass is 383 g/mol. The molecule has 10 heteroatoms. The molecular formula is C17H16F3N3O4. The number of hydrogen-bond acceptors (Lipinski definition) is 5. The van der Waals surface area contributed by atoms with Crippen molar-refractivity contribution in [2.24, 2.45) is 0 Å². The number of ether oxygens (including phenoxy) is 1. The first kappa shape index (κ1) is 20.2. The van der Waals surface area contributed by atoms with E-state index in [0.29, 0.717) is 18.8 Å². The van der Waals surface area contributed by atoms with E-state index in [1.54, 1.807) is 0 Å². The molecule has 2 rings (SSSR count). The predicted octanol–water partition coefficient (Wildman–Crippen LogP) is 3.92. The topological polar surface area (TPSA) is 93.5 Å². The van der Waals surface area contributed by atoms with Gasteiger partial charge in [0.25, 0.3) is 11.6 Å². The van der Waals surface area contributed by atoms with Gasteiger partial charge >= 0.3 is 6.18 Å². The molecule has 7 nitrogen and oxygen atoms in total. The highest BCUT2D eigenvalue weighted by Crippen LogP contribution is 2.30. The fourth-order valence-electron chi connectivity index (χ4n) is 2.22. The highest BCUT2D eigenvalue weighted by Gasteiger charge is 2.30. The van der Waals surface area contributed by atoms with Crippen LogP contribution in [-0.4, -0.2) is 31.1 Å². The number of nitro groups is 1. The third-order valence-electron chi connectivity index (χ3n) is 3.55. The third-order valence-corrected chi connectivity index (χ3v) is 3.55. The number of halogens is 3. The SMILES string of the molecule is COCCNc1ccc([N+](=O)[O-])cc1C(=O)Nc1ccc(C(F)(F)F)cc1. The molecule has 2 aromatic carbocycles. The maximum Gasteiger partial charge on any atom is 0.416 e. The van der Waals surface area contributed by atoms with E-state index in [1.165, 1.54) is 19.2 Å². The Kier molecular flexibility index (Phi) is 6.35. The molecule has 1 amide bonds. The number of alkyl halides is 3. The molecule has 0 saturated carbocycles. The Labute approximate surface area is 152 Å². The lowest BCUT2D eigenvalue weighted by Gasteiger charge is -2.13. The fourth-order valence-corrected chi connectivity index (χ4v) is 2.22. The van der Waals surface area contributed by atoms with Gasteiger partial charge in [0.1, 0.15) is 0 Å². The lowest BCUT2D eigenvalue weighted by molar-refractivity contribution is -0.384. The maximum absolute atomic E-state index is 12.6. The van der Waals surface area contributed by atoms with Gasteiger partial charge in [-0.15, -0.1) is 0 Å². The number of amides is 1. The van der Waals surface area contributed by atoms with E-state index in [-0.39, 0.29) is 16.9 Å². The van der Waals surface area contributed by atoms with Crippen LogP contribution in [0.2, 0.25) is 0 Å². The van der Waals surface area contributed by atoms with Gasteiger partial charge in [-0.2, -0.15) is 13.2 Å². The highest BCUT2D eigenvalue weighted by molar-refractivity contribution is 6.08. The van der Waals surface area contributed by atoms with Crippen molar-refractivity contribution >= 4 is 23.0 Å². The standard InChI is InChI=1S/C17H16F3N3O4/c1-27-9-8-21-15-7-6-13(23(25)26)10-14(15)16(24)22-12-4-2-11(3-5-12)17(18,19)20/h2-7,10,21H,8-9H2,1H3,(H,22,24). The molecular weight excluding hydrogens is 367 g/mol. The van der Waals surface area contributed by atoms with Crippen LogP contribution in [0.15, 0.2) is 42.5 Å². The van der Waals surface area contributed by atoms with Crippen molar-refractivity contribution in [1.29, 1.82) is 0 Å². The zero-order chi connectivity index (χ0) is 20.0. The van der Waals surface area contributed by atoms with Crippen molar-refractivity contribution in [3.63, 3.8) is 0 Å². The average Bonchev–Trinajstić information content (AvgIpc) is 2.61.